The summed E-state index contributed by atoms with van der Waals surface area (Å²) in [4.78, 5) is 38.6. The normalized spacial score (nSPS) is 38.8. The van der Waals surface area contributed by atoms with Gasteiger partial charge in [-0.2, -0.15) is 0 Å². The van der Waals surface area contributed by atoms with Crippen LogP contribution in [-0.2, 0) is 42.7 Å². The molecule has 12 nitrogen and oxygen atoms in total. The summed E-state index contributed by atoms with van der Waals surface area (Å²) in [6.45, 7) is 8.80. The van der Waals surface area contributed by atoms with E-state index in [1.54, 1.807) is 26.8 Å². The first-order chi connectivity index (χ1) is 21.7. The lowest BCUT2D eigenvalue weighted by atomic mass is 9.44. The number of Topliss-reactive ketones (excluding diaryl/α,β-unsaturated/α-hetero) is 1. The van der Waals surface area contributed by atoms with E-state index in [0.29, 0.717) is 64.4 Å². The van der Waals surface area contributed by atoms with Crippen molar-refractivity contribution in [2.75, 3.05) is 59.4 Å². The van der Waals surface area contributed by atoms with E-state index < -0.39 is 64.6 Å². The fourth-order valence-corrected chi connectivity index (χ4v) is 8.89. The number of carbonyl (C=O) groups is 3. The second-order valence-corrected chi connectivity index (χ2v) is 13.8. The van der Waals surface area contributed by atoms with Crippen LogP contribution in [0.15, 0.2) is 23.8 Å². The molecule has 3 N–H and O–H groups in total. The zero-order valence-corrected chi connectivity index (χ0v) is 27.2. The first kappa shape index (κ1) is 35.1. The van der Waals surface area contributed by atoms with Gasteiger partial charge in [0, 0.05) is 23.3 Å². The number of halogens is 1. The highest BCUT2D eigenvalue weighted by Crippen LogP contribution is 2.72. The number of ether oxygens (including phenoxy) is 7. The van der Waals surface area contributed by atoms with Crippen LogP contribution >= 0.6 is 0 Å². The van der Waals surface area contributed by atoms with Crippen LogP contribution in [0.5, 0.6) is 0 Å². The Morgan fingerprint density at radius 2 is 1.65 bits per heavy atom. The van der Waals surface area contributed by atoms with E-state index in [9.17, 15) is 19.5 Å². The van der Waals surface area contributed by atoms with Crippen molar-refractivity contribution < 1.29 is 57.0 Å². The molecule has 1 aliphatic heterocycles. The van der Waals surface area contributed by atoms with Gasteiger partial charge in [0.05, 0.1) is 51.8 Å². The minimum absolute atomic E-state index is 0.0801. The summed E-state index contributed by atoms with van der Waals surface area (Å²) >= 11 is 0. The molecular weight excluding hydrogens is 605 g/mol. The summed E-state index contributed by atoms with van der Waals surface area (Å²) in [5.74, 6) is -2.87. The maximum Gasteiger partial charge on any atom is 0.508 e. The zero-order chi connectivity index (χ0) is 33.4. The summed E-state index contributed by atoms with van der Waals surface area (Å²) in [6.07, 6.45) is 2.36. The number of alkyl halides is 1. The fraction of sp³-hybridized carbons (Fsp3) is 0.788. The van der Waals surface area contributed by atoms with Crippen LogP contribution in [0.3, 0.4) is 0 Å². The van der Waals surface area contributed by atoms with Crippen molar-refractivity contribution in [1.82, 2.24) is 0 Å². The number of aliphatic hydroxyl groups excluding tert-OH is 1. The first-order valence-corrected chi connectivity index (χ1v) is 16.2. The van der Waals surface area contributed by atoms with Crippen molar-refractivity contribution in [2.24, 2.45) is 28.4 Å². The third-order valence-corrected chi connectivity index (χ3v) is 10.8. The molecule has 1 saturated heterocycles. The monoisotopic (exact) mass is 653 g/mol. The van der Waals surface area contributed by atoms with E-state index in [2.05, 4.69) is 0 Å². The molecule has 0 aromatic carbocycles. The van der Waals surface area contributed by atoms with Gasteiger partial charge in [-0.25, -0.2) is 9.18 Å². The number of carbonyl (C=O) groups excluding carboxylic acids is 3. The van der Waals surface area contributed by atoms with Crippen molar-refractivity contribution >= 4 is 17.7 Å². The Labute approximate surface area is 269 Å². The molecule has 4 fully saturated rings. The van der Waals surface area contributed by atoms with Gasteiger partial charge in [-0.1, -0.05) is 18.6 Å². The maximum absolute atomic E-state index is 17.5. The van der Waals surface area contributed by atoms with Gasteiger partial charge >= 0.3 is 6.16 Å². The van der Waals surface area contributed by atoms with Gasteiger partial charge in [0.2, 0.25) is 5.78 Å². The Balaban J connectivity index is 1.21. The zero-order valence-electron chi connectivity index (χ0n) is 27.2. The topological polar surface area (TPSA) is 162 Å². The third kappa shape index (κ3) is 5.86. The van der Waals surface area contributed by atoms with Crippen LogP contribution in [0, 0.1) is 22.7 Å². The largest absolute Gasteiger partial charge is 0.508 e. The molecule has 0 bridgehead atoms. The molecule has 0 aromatic heterocycles. The van der Waals surface area contributed by atoms with E-state index in [4.69, 9.17) is 38.9 Å². The Kier molecular flexibility index (Phi) is 10.2. The van der Waals surface area contributed by atoms with Gasteiger partial charge in [0.15, 0.2) is 29.4 Å². The van der Waals surface area contributed by atoms with Crippen molar-refractivity contribution in [3.63, 3.8) is 0 Å². The van der Waals surface area contributed by atoms with Crippen LogP contribution in [-0.4, -0.2) is 111 Å². The standard InChI is InChI=1S/C33H48FNO11/c1-29(2)45-27-18-24-23-6-5-21-17-22(36)7-8-30(21,3)32(23,34)25(37)19-31(24,4)33(27,46-29)26(38)20-44-28(39)43-16-15-42-14-13-41-12-11-40-10-9-35/h7-8,17,23-25,27,37H,5-6,9-16,18-20,35H2,1-4H3/t23-,24-,25-,27+,30-,31-,32-,33+/m0/s1. The summed E-state index contributed by atoms with van der Waals surface area (Å²) in [5, 5.41) is 11.7. The molecule has 258 valence electrons. The lowest BCUT2D eigenvalue weighted by Gasteiger charge is -2.62. The highest BCUT2D eigenvalue weighted by atomic mass is 19.1. The molecule has 13 heteroatoms. The number of ketones is 2. The van der Waals surface area contributed by atoms with Crippen LogP contribution in [0.25, 0.3) is 0 Å². The van der Waals surface area contributed by atoms with Gasteiger partial charge in [0.1, 0.15) is 6.61 Å². The van der Waals surface area contributed by atoms with Crippen LogP contribution in [0.2, 0.25) is 0 Å². The second kappa shape index (κ2) is 13.3. The summed E-state index contributed by atoms with van der Waals surface area (Å²) < 4.78 is 56.5. The SMILES string of the molecule is CC1(C)O[C@@H]2C[C@H]3[C@@H]4CCC5=CC(=O)C=C[C@]5(C)[C@@]4(F)[C@@H](O)C[C@]3(C)[C@]2(C(=O)COC(=O)OCCOCCOCCOCCN)O1. The molecule has 1 heterocycles. The predicted molar refractivity (Wildman–Crippen MR) is 160 cm³/mol. The van der Waals surface area contributed by atoms with Crippen molar-refractivity contribution in [3.05, 3.63) is 23.8 Å². The number of hydrogen-bond acceptors (Lipinski definition) is 12. The number of rotatable bonds is 14. The molecule has 0 spiro atoms. The minimum Gasteiger partial charge on any atom is -0.432 e. The third-order valence-electron chi connectivity index (χ3n) is 10.8. The smallest absolute Gasteiger partial charge is 0.432 e. The van der Waals surface area contributed by atoms with E-state index in [1.807, 2.05) is 6.92 Å². The van der Waals surface area contributed by atoms with Crippen molar-refractivity contribution in [1.29, 1.82) is 0 Å². The lowest BCUT2D eigenvalue weighted by Crippen LogP contribution is -2.70. The molecule has 4 aliphatic carbocycles. The Bertz CT molecular complexity index is 1240. The highest BCUT2D eigenvalue weighted by Gasteiger charge is 2.80. The fourth-order valence-electron chi connectivity index (χ4n) is 8.89. The number of fused-ring (bicyclic) bond motifs is 7. The minimum atomic E-state index is -2.07. The molecule has 3 saturated carbocycles. The second-order valence-electron chi connectivity index (χ2n) is 13.8. The highest BCUT2D eigenvalue weighted by molar-refractivity contribution is 6.01. The van der Waals surface area contributed by atoms with Crippen LogP contribution in [0.4, 0.5) is 9.18 Å². The van der Waals surface area contributed by atoms with Gasteiger partial charge < -0.3 is 44.0 Å². The van der Waals surface area contributed by atoms with E-state index >= 15 is 4.39 Å². The molecule has 46 heavy (non-hydrogen) atoms. The van der Waals surface area contributed by atoms with Crippen LogP contribution < -0.4 is 5.73 Å². The molecule has 5 rings (SSSR count). The van der Waals surface area contributed by atoms with E-state index in [0.717, 1.165) is 0 Å². The molecule has 8 atom stereocenters. The van der Waals surface area contributed by atoms with E-state index in [-0.39, 0.29) is 31.3 Å². The van der Waals surface area contributed by atoms with Crippen LogP contribution in [0.1, 0.15) is 53.4 Å². The Morgan fingerprint density at radius 1 is 1.00 bits per heavy atom. The van der Waals surface area contributed by atoms with Crippen molar-refractivity contribution in [2.45, 2.75) is 82.6 Å². The lowest BCUT2D eigenvalue weighted by molar-refractivity contribution is -0.246. The van der Waals surface area contributed by atoms with Crippen molar-refractivity contribution in [3.8, 4) is 0 Å². The number of nitrogens with two attached hydrogens (primary N) is 1. The van der Waals surface area contributed by atoms with Gasteiger partial charge in [-0.3, -0.25) is 9.59 Å². The summed E-state index contributed by atoms with van der Waals surface area (Å²) in [7, 11) is 0. The average Bonchev–Trinajstić information content (AvgIpc) is 3.41. The molecule has 0 amide bonds. The van der Waals surface area contributed by atoms with E-state index in [1.165, 1.54) is 12.2 Å². The predicted octanol–water partition coefficient (Wildman–Crippen LogP) is 2.59. The maximum atomic E-state index is 17.5. The molecule has 0 radical (unpaired) electrons. The Morgan fingerprint density at radius 3 is 2.33 bits per heavy atom. The van der Waals surface area contributed by atoms with Gasteiger partial charge in [0.25, 0.3) is 0 Å². The quantitative estimate of drug-likeness (QED) is 0.209. The summed E-state index contributed by atoms with van der Waals surface area (Å²) in [6, 6.07) is 0. The molecule has 0 aromatic rings. The number of allylic oxidation sites excluding steroid dienone is 4. The van der Waals surface area contributed by atoms with Gasteiger partial charge in [-0.15, -0.1) is 0 Å². The molecule has 5 aliphatic rings. The Hall–Kier alpha value is -2.26. The summed E-state index contributed by atoms with van der Waals surface area (Å²) in [5.41, 5.74) is 0.170. The number of aliphatic hydroxyl groups is 1. The van der Waals surface area contributed by atoms with Gasteiger partial charge in [-0.05, 0) is 64.5 Å². The average molecular weight is 654 g/mol. The number of hydrogen-bond donors (Lipinski definition) is 2. The molecular formula is C33H48FNO11. The first-order valence-electron chi connectivity index (χ1n) is 16.2. The molecule has 0 unspecified atom stereocenters.